The van der Waals surface area contributed by atoms with Crippen molar-refractivity contribution in [1.29, 1.82) is 0 Å². The second-order valence-electron chi connectivity index (χ2n) is 13.0. The molecule has 7 aromatic carbocycles. The van der Waals surface area contributed by atoms with Crippen LogP contribution in [0.5, 0.6) is 0 Å². The predicted octanol–water partition coefficient (Wildman–Crippen LogP) is 12.6. The Morgan fingerprint density at radius 3 is 1.96 bits per heavy atom. The van der Waals surface area contributed by atoms with Gasteiger partial charge in [0.05, 0.1) is 0 Å². The highest BCUT2D eigenvalue weighted by atomic mass is 32.1. The van der Waals surface area contributed by atoms with Gasteiger partial charge in [-0.25, -0.2) is 19.9 Å². The second kappa shape index (κ2) is 11.8. The Hall–Kier alpha value is -6.96. The summed E-state index contributed by atoms with van der Waals surface area (Å²) in [5.74, 6) is 2.34. The van der Waals surface area contributed by atoms with E-state index in [4.69, 9.17) is 28.8 Å². The molecule has 53 heavy (non-hydrogen) atoms. The van der Waals surface area contributed by atoms with Crippen molar-refractivity contribution in [3.63, 3.8) is 0 Å². The number of furan rings is 1. The lowest BCUT2D eigenvalue weighted by molar-refractivity contribution is 0.621. The van der Waals surface area contributed by atoms with E-state index in [0.29, 0.717) is 23.4 Å². The summed E-state index contributed by atoms with van der Waals surface area (Å²) in [5.41, 5.74) is 8.66. The fourth-order valence-electron chi connectivity index (χ4n) is 7.29. The monoisotopic (exact) mass is 698 g/mol. The van der Waals surface area contributed by atoms with E-state index < -0.39 is 0 Å². The van der Waals surface area contributed by atoms with Crippen molar-refractivity contribution in [2.75, 3.05) is 0 Å². The van der Waals surface area contributed by atoms with Gasteiger partial charge < -0.3 is 8.83 Å². The van der Waals surface area contributed by atoms with Gasteiger partial charge in [0, 0.05) is 58.8 Å². The Morgan fingerprint density at radius 1 is 0.396 bits per heavy atom. The summed E-state index contributed by atoms with van der Waals surface area (Å²) in [6, 6.07) is 53.5. The molecule has 0 aliphatic carbocycles. The molecule has 7 heteroatoms. The van der Waals surface area contributed by atoms with Gasteiger partial charge in [0.1, 0.15) is 16.7 Å². The number of para-hydroxylation sites is 2. The van der Waals surface area contributed by atoms with Crippen LogP contribution in [0.3, 0.4) is 0 Å². The fraction of sp³-hybridized carbons (Fsp3) is 0. The molecular formula is C46H26N4O2S. The lowest BCUT2D eigenvalue weighted by Crippen LogP contribution is -2.00. The lowest BCUT2D eigenvalue weighted by atomic mass is 10.0. The minimum atomic E-state index is 0.572. The second-order valence-corrected chi connectivity index (χ2v) is 14.1. The predicted molar refractivity (Wildman–Crippen MR) is 215 cm³/mol. The number of hydrogen-bond donors (Lipinski definition) is 0. The molecule has 0 atom stereocenters. The van der Waals surface area contributed by atoms with Crippen LogP contribution < -0.4 is 0 Å². The van der Waals surface area contributed by atoms with Crippen LogP contribution in [0.25, 0.3) is 110 Å². The third-order valence-electron chi connectivity index (χ3n) is 9.78. The van der Waals surface area contributed by atoms with Crippen molar-refractivity contribution in [3.8, 4) is 56.7 Å². The minimum Gasteiger partial charge on any atom is -0.456 e. The molecule has 0 radical (unpaired) electrons. The summed E-state index contributed by atoms with van der Waals surface area (Å²) in [7, 11) is 0. The van der Waals surface area contributed by atoms with Gasteiger partial charge in [0.2, 0.25) is 5.89 Å². The van der Waals surface area contributed by atoms with E-state index in [1.807, 2.05) is 84.9 Å². The van der Waals surface area contributed by atoms with Crippen molar-refractivity contribution in [1.82, 2.24) is 19.9 Å². The summed E-state index contributed by atoms with van der Waals surface area (Å²) in [4.78, 5) is 20.3. The molecule has 0 bridgehead atoms. The molecule has 0 unspecified atom stereocenters. The molecule has 0 saturated carbocycles. The molecule has 4 aromatic heterocycles. The van der Waals surface area contributed by atoms with E-state index in [9.17, 15) is 0 Å². The smallest absolute Gasteiger partial charge is 0.227 e. The SMILES string of the molecule is c1ccc(-c2nc3cccc(-c4cccc(-c5nc(-c6ccc7c(c6)sc6ccccc67)nc(-c6cccc7oc8ccccc8c67)n5)c4)c3o2)cc1. The number of fused-ring (bicyclic) bond motifs is 7. The Kier molecular flexibility index (Phi) is 6.62. The average molecular weight is 699 g/mol. The van der Waals surface area contributed by atoms with Crippen LogP contribution >= 0.6 is 11.3 Å². The van der Waals surface area contributed by atoms with Gasteiger partial charge in [-0.3, -0.25) is 0 Å². The number of hydrogen-bond acceptors (Lipinski definition) is 7. The van der Waals surface area contributed by atoms with Crippen molar-refractivity contribution in [2.24, 2.45) is 0 Å². The van der Waals surface area contributed by atoms with Crippen LogP contribution in [0.15, 0.2) is 167 Å². The Morgan fingerprint density at radius 2 is 1.06 bits per heavy atom. The van der Waals surface area contributed by atoms with Crippen molar-refractivity contribution >= 4 is 64.5 Å². The highest BCUT2D eigenvalue weighted by Gasteiger charge is 2.19. The number of oxazole rings is 1. The molecule has 11 aromatic rings. The van der Waals surface area contributed by atoms with Gasteiger partial charge in [-0.2, -0.15) is 0 Å². The van der Waals surface area contributed by atoms with E-state index in [2.05, 4.69) is 72.8 Å². The van der Waals surface area contributed by atoms with Gasteiger partial charge >= 0.3 is 0 Å². The first-order chi connectivity index (χ1) is 26.2. The molecule has 0 spiro atoms. The minimum absolute atomic E-state index is 0.572. The summed E-state index contributed by atoms with van der Waals surface area (Å²) in [6.07, 6.45) is 0. The normalized spacial score (nSPS) is 11.8. The van der Waals surface area contributed by atoms with Crippen molar-refractivity contribution in [2.45, 2.75) is 0 Å². The molecule has 0 aliphatic heterocycles. The van der Waals surface area contributed by atoms with Crippen LogP contribution in [-0.2, 0) is 0 Å². The largest absolute Gasteiger partial charge is 0.456 e. The summed E-state index contributed by atoms with van der Waals surface area (Å²) < 4.78 is 15.1. The number of aromatic nitrogens is 4. The maximum absolute atomic E-state index is 6.40. The zero-order chi connectivity index (χ0) is 34.9. The topological polar surface area (TPSA) is 77.8 Å². The maximum Gasteiger partial charge on any atom is 0.227 e. The van der Waals surface area contributed by atoms with Crippen molar-refractivity contribution in [3.05, 3.63) is 158 Å². The van der Waals surface area contributed by atoms with Crippen LogP contribution in [0.4, 0.5) is 0 Å². The summed E-state index contributed by atoms with van der Waals surface area (Å²) in [6.45, 7) is 0. The van der Waals surface area contributed by atoms with Crippen molar-refractivity contribution < 1.29 is 8.83 Å². The maximum atomic E-state index is 6.40. The highest BCUT2D eigenvalue weighted by molar-refractivity contribution is 7.25. The molecule has 0 aliphatic rings. The van der Waals surface area contributed by atoms with Crippen LogP contribution in [0.1, 0.15) is 0 Å². The average Bonchev–Trinajstić information content (AvgIpc) is 3.94. The summed E-state index contributed by atoms with van der Waals surface area (Å²) in [5, 5.41) is 4.48. The third-order valence-corrected chi connectivity index (χ3v) is 10.9. The molecule has 0 N–H and O–H groups in total. The van der Waals surface area contributed by atoms with Gasteiger partial charge in [-0.05, 0) is 54.1 Å². The van der Waals surface area contributed by atoms with E-state index in [0.717, 1.165) is 66.4 Å². The number of rotatable bonds is 5. The first-order valence-electron chi connectivity index (χ1n) is 17.4. The first kappa shape index (κ1) is 29.7. The van der Waals surface area contributed by atoms with Crippen LogP contribution in [0, 0.1) is 0 Å². The Labute approximate surface area is 306 Å². The zero-order valence-electron chi connectivity index (χ0n) is 28.0. The lowest BCUT2D eigenvalue weighted by Gasteiger charge is -2.10. The molecule has 4 heterocycles. The number of benzene rings is 7. The van der Waals surface area contributed by atoms with Crippen LogP contribution in [-0.4, -0.2) is 19.9 Å². The van der Waals surface area contributed by atoms with Gasteiger partial charge in [-0.15, -0.1) is 11.3 Å². The fourth-order valence-corrected chi connectivity index (χ4v) is 8.43. The summed E-state index contributed by atoms with van der Waals surface area (Å²) >= 11 is 1.78. The first-order valence-corrected chi connectivity index (χ1v) is 18.2. The van der Waals surface area contributed by atoms with Crippen LogP contribution in [0.2, 0.25) is 0 Å². The molecule has 11 rings (SSSR count). The molecule has 0 saturated heterocycles. The van der Waals surface area contributed by atoms with E-state index >= 15 is 0 Å². The number of nitrogens with zero attached hydrogens (tertiary/aromatic N) is 4. The van der Waals surface area contributed by atoms with Gasteiger partial charge in [0.15, 0.2) is 23.1 Å². The van der Waals surface area contributed by atoms with E-state index in [1.165, 1.54) is 20.2 Å². The number of thiophene rings is 1. The van der Waals surface area contributed by atoms with E-state index in [1.54, 1.807) is 11.3 Å². The van der Waals surface area contributed by atoms with E-state index in [-0.39, 0.29) is 0 Å². The quantitative estimate of drug-likeness (QED) is 0.178. The molecular weight excluding hydrogens is 673 g/mol. The third kappa shape index (κ3) is 4.93. The molecule has 6 nitrogen and oxygen atoms in total. The molecule has 0 fully saturated rings. The van der Waals surface area contributed by atoms with Gasteiger partial charge in [0.25, 0.3) is 0 Å². The molecule has 0 amide bonds. The van der Waals surface area contributed by atoms with Gasteiger partial charge in [-0.1, -0.05) is 109 Å². The Balaban J connectivity index is 1.10. The highest BCUT2D eigenvalue weighted by Crippen LogP contribution is 2.39. The zero-order valence-corrected chi connectivity index (χ0v) is 28.8. The Bertz CT molecular complexity index is 3200. The molecule has 248 valence electrons. The standard InChI is InChI=1S/C46H26N4O2S/c1-2-11-27(12-3-1)46-47-36-19-9-17-31(42(36)52-46)28-13-8-14-29(25-28)43-48-44(30-23-24-33-32-15-5-7-22-39(32)53-40(33)26-30)50-45(49-43)35-18-10-21-38-41(35)34-16-4-6-20-37(34)51-38/h1-26H.